The van der Waals surface area contributed by atoms with E-state index in [-0.39, 0.29) is 29.6 Å². The van der Waals surface area contributed by atoms with Gasteiger partial charge in [0, 0.05) is 23.2 Å². The van der Waals surface area contributed by atoms with E-state index in [2.05, 4.69) is 20.8 Å². The highest BCUT2D eigenvalue weighted by Gasteiger charge is 2.10. The second kappa shape index (κ2) is 55.2. The third-order valence-corrected chi connectivity index (χ3v) is 13.5. The van der Waals surface area contributed by atoms with Gasteiger partial charge in [0.05, 0.1) is 26.1 Å². The van der Waals surface area contributed by atoms with E-state index < -0.39 is 0 Å². The van der Waals surface area contributed by atoms with Crippen LogP contribution in [0.4, 0.5) is 0 Å². The summed E-state index contributed by atoms with van der Waals surface area (Å²) >= 11 is 4.12. The van der Waals surface area contributed by atoms with E-state index in [0.717, 1.165) is 25.7 Å². The smallest absolute Gasteiger partial charge is 0.306 e. The van der Waals surface area contributed by atoms with Crippen LogP contribution in [0.5, 0.6) is 0 Å². The van der Waals surface area contributed by atoms with Crippen LogP contribution in [0.2, 0.25) is 0 Å². The molecule has 362 valence electrons. The Morgan fingerprint density at radius 1 is 0.475 bits per heavy atom. The minimum atomic E-state index is -0.188. The Labute approximate surface area is 392 Å². The molecule has 0 saturated carbocycles. The molecule has 0 aromatic carbocycles. The fourth-order valence-electron chi connectivity index (χ4n) is 6.86. The van der Waals surface area contributed by atoms with Gasteiger partial charge in [-0.2, -0.15) is 11.8 Å². The van der Waals surface area contributed by atoms with Gasteiger partial charge in [-0.05, 0) is 32.1 Å². The topological polar surface area (TPSA) is 86.7 Å². The van der Waals surface area contributed by atoms with Gasteiger partial charge in [0.15, 0.2) is 5.12 Å². The van der Waals surface area contributed by atoms with Crippen molar-refractivity contribution in [1.29, 1.82) is 0 Å². The molecule has 0 aliphatic heterocycles. The largest absolute Gasteiger partial charge is 0.466 e. The lowest BCUT2D eigenvalue weighted by Gasteiger charge is -2.07. The van der Waals surface area contributed by atoms with Gasteiger partial charge in [0.1, 0.15) is 0 Å². The van der Waals surface area contributed by atoms with Gasteiger partial charge in [-0.1, -0.05) is 250 Å². The molecule has 0 aromatic rings. The fraction of sp³-hybridized carbons (Fsp3) is 0.885. The van der Waals surface area contributed by atoms with Gasteiger partial charge in [0.2, 0.25) is 5.12 Å². The van der Waals surface area contributed by atoms with Crippen molar-refractivity contribution in [3.05, 3.63) is 12.2 Å². The molecule has 9 heteroatoms. The molecular formula is C52H100O6S3. The second-order valence-corrected chi connectivity index (χ2v) is 20.2. The molecule has 0 N–H and O–H groups in total. The minimum absolute atomic E-state index is 0. The van der Waals surface area contributed by atoms with Crippen LogP contribution >= 0.6 is 35.3 Å². The van der Waals surface area contributed by atoms with Crippen LogP contribution in [0, 0.1) is 0 Å². The Bertz CT molecular complexity index is 975. The molecule has 0 saturated heterocycles. The number of thioether (sulfide) groups is 3. The van der Waals surface area contributed by atoms with Crippen molar-refractivity contribution < 1.29 is 28.7 Å². The van der Waals surface area contributed by atoms with E-state index in [0.29, 0.717) is 49.2 Å². The van der Waals surface area contributed by atoms with Gasteiger partial charge in [-0.15, -0.1) is 0 Å². The van der Waals surface area contributed by atoms with E-state index in [4.69, 9.17) is 9.47 Å². The molecule has 0 bridgehead atoms. The summed E-state index contributed by atoms with van der Waals surface area (Å²) in [7, 11) is 0. The quantitative estimate of drug-likeness (QED) is 0.0337. The van der Waals surface area contributed by atoms with Crippen molar-refractivity contribution in [3.63, 3.8) is 0 Å². The Morgan fingerprint density at radius 3 is 1.07 bits per heavy atom. The normalized spacial score (nSPS) is 11.5. The number of allylic oxidation sites excluding steroid dienone is 1. The van der Waals surface area contributed by atoms with E-state index in [9.17, 15) is 19.2 Å². The maximum Gasteiger partial charge on any atom is 0.306 e. The van der Waals surface area contributed by atoms with Gasteiger partial charge < -0.3 is 9.47 Å². The fourth-order valence-corrected chi connectivity index (χ4v) is 8.85. The molecule has 0 amide bonds. The zero-order valence-electron chi connectivity index (χ0n) is 40.0. The zero-order valence-corrected chi connectivity index (χ0v) is 42.4. The molecule has 0 aliphatic carbocycles. The summed E-state index contributed by atoms with van der Waals surface area (Å²) < 4.78 is 10.5. The highest BCUT2D eigenvalue weighted by Crippen LogP contribution is 2.18. The predicted molar refractivity (Wildman–Crippen MR) is 274 cm³/mol. The first-order chi connectivity index (χ1) is 29.3. The number of unbranched alkanes of at least 4 members (excludes halogenated alkanes) is 30. The van der Waals surface area contributed by atoms with E-state index >= 15 is 0 Å². The summed E-state index contributed by atoms with van der Waals surface area (Å²) in [5.74, 6) is 0.685. The van der Waals surface area contributed by atoms with Crippen LogP contribution < -0.4 is 0 Å². The van der Waals surface area contributed by atoms with Crippen molar-refractivity contribution in [3.8, 4) is 0 Å². The summed E-state index contributed by atoms with van der Waals surface area (Å²) in [5.41, 5.74) is 0. The van der Waals surface area contributed by atoms with E-state index in [1.54, 1.807) is 17.8 Å². The molecule has 0 aliphatic rings. The lowest BCUT2D eigenvalue weighted by molar-refractivity contribution is -0.144. The molecular weight excluding hydrogens is 817 g/mol. The summed E-state index contributed by atoms with van der Waals surface area (Å²) in [5, 5.41) is 0.521. The van der Waals surface area contributed by atoms with Crippen molar-refractivity contribution in [2.45, 2.75) is 265 Å². The first-order valence-electron chi connectivity index (χ1n) is 25.1. The molecule has 0 heterocycles. The van der Waals surface area contributed by atoms with Crippen molar-refractivity contribution in [2.24, 2.45) is 0 Å². The third-order valence-electron chi connectivity index (χ3n) is 10.8. The molecule has 1 unspecified atom stereocenters. The number of hydrogen-bond acceptors (Lipinski definition) is 9. The van der Waals surface area contributed by atoms with Gasteiger partial charge in [0.25, 0.3) is 0 Å². The van der Waals surface area contributed by atoms with Gasteiger partial charge in [-0.3, -0.25) is 19.2 Å². The van der Waals surface area contributed by atoms with E-state index in [1.807, 2.05) is 13.2 Å². The third kappa shape index (κ3) is 57.1. The molecule has 0 rings (SSSR count). The number of esters is 2. The number of hydrogen-bond donors (Lipinski definition) is 0. The monoisotopic (exact) mass is 917 g/mol. The van der Waals surface area contributed by atoms with Crippen LogP contribution in [0.25, 0.3) is 0 Å². The Balaban J connectivity index is -0.00000109. The number of carbonyl (C=O) groups excluding carboxylic acids is 4. The molecule has 0 aromatic heterocycles. The Morgan fingerprint density at radius 2 is 0.770 bits per heavy atom. The van der Waals surface area contributed by atoms with Crippen molar-refractivity contribution >= 4 is 57.5 Å². The summed E-state index contributed by atoms with van der Waals surface area (Å²) in [6.07, 6.45) is 49.4. The number of rotatable bonds is 44. The Kier molecular flexibility index (Phi) is 58.2. The highest BCUT2D eigenvalue weighted by molar-refractivity contribution is 8.14. The molecule has 6 nitrogen and oxygen atoms in total. The van der Waals surface area contributed by atoms with Gasteiger partial charge in [-0.25, -0.2) is 0 Å². The molecule has 0 fully saturated rings. The number of carbonyl (C=O) groups is 4. The maximum atomic E-state index is 11.7. The Hall–Kier alpha value is -0.930. The lowest BCUT2D eigenvalue weighted by Crippen LogP contribution is -2.09. The minimum Gasteiger partial charge on any atom is -0.466 e. The van der Waals surface area contributed by atoms with E-state index in [1.165, 1.54) is 209 Å². The summed E-state index contributed by atoms with van der Waals surface area (Å²) in [4.78, 5) is 46.3. The standard InChI is InChI=1S/C26H50O3S2.C25H46O3S.CH4/c1-4-5-6-7-8-9-10-11-12-13-14-15-16-17-18-19-21-29-25(27)20-22-31-26(28)23-24(2)30-3;1-3-5-6-7-8-9-10-11-12-13-14-15-16-17-18-19-22-28-24(26)21-23-29-25(27)20-4-2;/h24H,4-23H2,1-3H3;4,20H,3,5-19,21-23H2,1-2H3;1H4/b;20-4+;. The van der Waals surface area contributed by atoms with Crippen molar-refractivity contribution in [1.82, 2.24) is 0 Å². The lowest BCUT2D eigenvalue weighted by atomic mass is 10.0. The molecule has 0 radical (unpaired) electrons. The van der Waals surface area contributed by atoms with Crippen LogP contribution in [-0.4, -0.2) is 58.4 Å². The first kappa shape index (κ1) is 64.4. The van der Waals surface area contributed by atoms with Crippen LogP contribution in [0.1, 0.15) is 260 Å². The first-order valence-corrected chi connectivity index (χ1v) is 28.4. The summed E-state index contributed by atoms with van der Waals surface area (Å²) in [6, 6.07) is 0. The van der Waals surface area contributed by atoms with Gasteiger partial charge >= 0.3 is 11.9 Å². The number of ether oxygens (including phenoxy) is 2. The SMILES string of the molecule is C.C/C=C/C(=O)SCCC(=O)OCCCCCCCCCCCCCCCCCC.CCCCCCCCCCCCCCCCCCOC(=O)CCSC(=O)CC(C)SC. The second-order valence-electron chi connectivity index (χ2n) is 16.7. The average molecular weight is 918 g/mol. The highest BCUT2D eigenvalue weighted by atomic mass is 32.2. The maximum absolute atomic E-state index is 11.7. The zero-order chi connectivity index (χ0) is 44.4. The predicted octanol–water partition coefficient (Wildman–Crippen LogP) is 17.2. The van der Waals surface area contributed by atoms with Crippen LogP contribution in [0.3, 0.4) is 0 Å². The van der Waals surface area contributed by atoms with Crippen LogP contribution in [0.15, 0.2) is 12.2 Å². The molecule has 1 atom stereocenters. The van der Waals surface area contributed by atoms with Crippen LogP contribution in [-0.2, 0) is 28.7 Å². The average Bonchev–Trinajstić information content (AvgIpc) is 3.23. The summed E-state index contributed by atoms with van der Waals surface area (Å²) in [6.45, 7) is 9.46. The molecule has 0 spiro atoms. The van der Waals surface area contributed by atoms with Crippen molar-refractivity contribution in [2.75, 3.05) is 31.0 Å². The molecule has 61 heavy (non-hydrogen) atoms.